The van der Waals surface area contributed by atoms with E-state index in [1.807, 2.05) is 0 Å². The lowest BCUT2D eigenvalue weighted by Crippen LogP contribution is -2.09. The molecule has 1 heterocycles. The molecule has 0 atom stereocenters. The van der Waals surface area contributed by atoms with Crippen LogP contribution < -0.4 is 10.5 Å². The summed E-state index contributed by atoms with van der Waals surface area (Å²) in [6, 6.07) is 4.56. The van der Waals surface area contributed by atoms with Crippen LogP contribution in [0.15, 0.2) is 35.1 Å². The molecule has 0 aliphatic rings. The number of anilines is 1. The Morgan fingerprint density at radius 2 is 2.29 bits per heavy atom. The van der Waals surface area contributed by atoms with Gasteiger partial charge in [0.15, 0.2) is 11.6 Å². The van der Waals surface area contributed by atoms with Crippen molar-refractivity contribution in [1.29, 1.82) is 0 Å². The second-order valence-corrected chi connectivity index (χ2v) is 4.38. The van der Waals surface area contributed by atoms with Crippen LogP contribution in [-0.4, -0.2) is 16.4 Å². The van der Waals surface area contributed by atoms with Crippen LogP contribution in [0.5, 0.6) is 5.75 Å². The van der Waals surface area contributed by atoms with Gasteiger partial charge in [0.2, 0.25) is 0 Å². The predicted molar refractivity (Wildman–Crippen MR) is 66.2 cm³/mol. The monoisotopic (exact) mass is 299 g/mol. The number of nitrogens with zero attached hydrogens (tertiary/aromatic N) is 2. The molecular weight excluding hydrogens is 289 g/mol. The summed E-state index contributed by atoms with van der Waals surface area (Å²) in [5, 5.41) is 4.00. The summed E-state index contributed by atoms with van der Waals surface area (Å²) in [7, 11) is 0. The van der Waals surface area contributed by atoms with Crippen molar-refractivity contribution < 1.29 is 9.13 Å². The molecule has 0 spiro atoms. The molecule has 0 bridgehead atoms. The number of hydrogen-bond donors (Lipinski definition) is 1. The molecule has 0 aliphatic heterocycles. The summed E-state index contributed by atoms with van der Waals surface area (Å²) in [5.74, 6) is -0.160. The number of aromatic nitrogens is 2. The summed E-state index contributed by atoms with van der Waals surface area (Å²) in [6.07, 6.45) is 3.25. The normalized spacial score (nSPS) is 10.5. The Labute approximate surface area is 106 Å². The molecule has 2 aromatic rings. The minimum atomic E-state index is -0.381. The van der Waals surface area contributed by atoms with E-state index < -0.39 is 0 Å². The van der Waals surface area contributed by atoms with Crippen molar-refractivity contribution in [3.05, 3.63) is 40.9 Å². The first kappa shape index (κ1) is 11.9. The van der Waals surface area contributed by atoms with Crippen molar-refractivity contribution in [3.63, 3.8) is 0 Å². The highest BCUT2D eigenvalue weighted by molar-refractivity contribution is 9.10. The molecular formula is C11H11BrFN3O. The van der Waals surface area contributed by atoms with Gasteiger partial charge in [-0.25, -0.2) is 4.39 Å². The van der Waals surface area contributed by atoms with E-state index in [0.29, 0.717) is 18.8 Å². The second-order valence-electron chi connectivity index (χ2n) is 3.46. The number of ether oxygens (including phenoxy) is 1. The van der Waals surface area contributed by atoms with Gasteiger partial charge in [-0.2, -0.15) is 5.10 Å². The molecule has 0 radical (unpaired) electrons. The zero-order valence-electron chi connectivity index (χ0n) is 8.94. The van der Waals surface area contributed by atoms with Crippen molar-refractivity contribution in [2.45, 2.75) is 6.54 Å². The van der Waals surface area contributed by atoms with Crippen molar-refractivity contribution in [3.8, 4) is 5.75 Å². The fourth-order valence-corrected chi connectivity index (χ4v) is 1.68. The Bertz CT molecular complexity index is 515. The van der Waals surface area contributed by atoms with Gasteiger partial charge >= 0.3 is 0 Å². The van der Waals surface area contributed by atoms with Crippen molar-refractivity contribution in [2.24, 2.45) is 0 Å². The van der Waals surface area contributed by atoms with Crippen LogP contribution in [0.1, 0.15) is 0 Å². The smallest absolute Gasteiger partial charge is 0.165 e. The van der Waals surface area contributed by atoms with Crippen molar-refractivity contribution in [2.75, 3.05) is 12.3 Å². The Morgan fingerprint density at radius 3 is 3.00 bits per heavy atom. The second kappa shape index (κ2) is 5.18. The highest BCUT2D eigenvalue weighted by Crippen LogP contribution is 2.22. The molecule has 17 heavy (non-hydrogen) atoms. The molecule has 4 nitrogen and oxygen atoms in total. The van der Waals surface area contributed by atoms with Crippen LogP contribution >= 0.6 is 15.9 Å². The molecule has 2 rings (SSSR count). The summed E-state index contributed by atoms with van der Waals surface area (Å²) in [4.78, 5) is 0. The van der Waals surface area contributed by atoms with Gasteiger partial charge in [0.05, 0.1) is 18.4 Å². The van der Waals surface area contributed by atoms with Gasteiger partial charge in [-0.15, -0.1) is 0 Å². The number of halogens is 2. The van der Waals surface area contributed by atoms with Crippen molar-refractivity contribution in [1.82, 2.24) is 9.78 Å². The van der Waals surface area contributed by atoms with E-state index in [1.165, 1.54) is 6.07 Å². The molecule has 0 aliphatic carbocycles. The molecule has 0 saturated heterocycles. The van der Waals surface area contributed by atoms with Crippen LogP contribution in [0.3, 0.4) is 0 Å². The van der Waals surface area contributed by atoms with E-state index in [2.05, 4.69) is 21.0 Å². The van der Waals surface area contributed by atoms with Gasteiger partial charge in [0.1, 0.15) is 6.61 Å². The zero-order chi connectivity index (χ0) is 12.3. The maximum Gasteiger partial charge on any atom is 0.165 e. The Hall–Kier alpha value is -1.56. The van der Waals surface area contributed by atoms with Gasteiger partial charge in [0.25, 0.3) is 0 Å². The maximum absolute atomic E-state index is 13.3. The Morgan fingerprint density at radius 1 is 1.47 bits per heavy atom. The standard InChI is InChI=1S/C11H11BrFN3O/c12-8-1-2-10(13)11(5-8)17-4-3-16-7-9(14)6-15-16/h1-2,5-7H,3-4,14H2. The van der Waals surface area contributed by atoms with Gasteiger partial charge in [-0.05, 0) is 18.2 Å². The predicted octanol–water partition coefficient (Wildman–Crippen LogP) is 2.45. The minimum Gasteiger partial charge on any atom is -0.489 e. The Kier molecular flexibility index (Phi) is 3.63. The lowest BCUT2D eigenvalue weighted by atomic mass is 10.3. The van der Waals surface area contributed by atoms with Crippen LogP contribution in [0.2, 0.25) is 0 Å². The molecule has 1 aromatic carbocycles. The van der Waals surface area contributed by atoms with Crippen LogP contribution in [0.25, 0.3) is 0 Å². The first-order valence-corrected chi connectivity index (χ1v) is 5.80. The van der Waals surface area contributed by atoms with Gasteiger partial charge in [0, 0.05) is 10.7 Å². The van der Waals surface area contributed by atoms with Gasteiger partial charge in [-0.3, -0.25) is 4.68 Å². The summed E-state index contributed by atoms with van der Waals surface area (Å²) >= 11 is 3.26. The molecule has 0 amide bonds. The topological polar surface area (TPSA) is 53.1 Å². The minimum absolute atomic E-state index is 0.222. The highest BCUT2D eigenvalue weighted by atomic mass is 79.9. The average molecular weight is 300 g/mol. The molecule has 2 N–H and O–H groups in total. The van der Waals surface area contributed by atoms with E-state index in [0.717, 1.165) is 4.47 Å². The molecule has 90 valence electrons. The maximum atomic E-state index is 13.3. The first-order valence-electron chi connectivity index (χ1n) is 5.01. The number of hydrogen-bond acceptors (Lipinski definition) is 3. The largest absolute Gasteiger partial charge is 0.489 e. The fraction of sp³-hybridized carbons (Fsp3) is 0.182. The van der Waals surface area contributed by atoms with E-state index in [1.54, 1.807) is 29.2 Å². The van der Waals surface area contributed by atoms with Crippen LogP contribution in [-0.2, 0) is 6.54 Å². The zero-order valence-corrected chi connectivity index (χ0v) is 10.5. The summed E-state index contributed by atoms with van der Waals surface area (Å²) < 4.78 is 21.1. The van der Waals surface area contributed by atoms with E-state index in [4.69, 9.17) is 10.5 Å². The lowest BCUT2D eigenvalue weighted by Gasteiger charge is -2.07. The van der Waals surface area contributed by atoms with E-state index >= 15 is 0 Å². The molecule has 1 aromatic heterocycles. The van der Waals surface area contributed by atoms with Gasteiger partial charge < -0.3 is 10.5 Å². The highest BCUT2D eigenvalue weighted by Gasteiger charge is 2.04. The van der Waals surface area contributed by atoms with Crippen LogP contribution in [0, 0.1) is 5.82 Å². The third-order valence-electron chi connectivity index (χ3n) is 2.12. The van der Waals surface area contributed by atoms with Crippen LogP contribution in [0.4, 0.5) is 10.1 Å². The lowest BCUT2D eigenvalue weighted by molar-refractivity contribution is 0.278. The third-order valence-corrected chi connectivity index (χ3v) is 2.62. The molecule has 6 heteroatoms. The first-order chi connectivity index (χ1) is 8.15. The number of benzene rings is 1. The summed E-state index contributed by atoms with van der Waals surface area (Å²) in [5.41, 5.74) is 6.11. The third kappa shape index (κ3) is 3.20. The average Bonchev–Trinajstić information content (AvgIpc) is 2.69. The number of rotatable bonds is 4. The molecule has 0 unspecified atom stereocenters. The molecule has 0 fully saturated rings. The quantitative estimate of drug-likeness (QED) is 0.943. The summed E-state index contributed by atoms with van der Waals surface area (Å²) in [6.45, 7) is 0.845. The van der Waals surface area contributed by atoms with Gasteiger partial charge in [-0.1, -0.05) is 15.9 Å². The Balaban J connectivity index is 1.91. The van der Waals surface area contributed by atoms with E-state index in [-0.39, 0.29) is 11.6 Å². The fourth-order valence-electron chi connectivity index (χ4n) is 1.34. The number of nitrogen functional groups attached to an aromatic ring is 1. The van der Waals surface area contributed by atoms with E-state index in [9.17, 15) is 4.39 Å². The molecule has 0 saturated carbocycles. The van der Waals surface area contributed by atoms with Crippen molar-refractivity contribution >= 4 is 21.6 Å². The SMILES string of the molecule is Nc1cnn(CCOc2cc(Br)ccc2F)c1. The number of nitrogens with two attached hydrogens (primary N) is 1.